The van der Waals surface area contributed by atoms with Gasteiger partial charge in [0, 0.05) is 11.1 Å². The van der Waals surface area contributed by atoms with Crippen molar-refractivity contribution in [1.29, 1.82) is 0 Å². The summed E-state index contributed by atoms with van der Waals surface area (Å²) in [6.07, 6.45) is 0. The largest absolute Gasteiger partial charge is 0.480 e. The van der Waals surface area contributed by atoms with Crippen LogP contribution in [0.2, 0.25) is 0 Å². The normalized spacial score (nSPS) is 11.7. The summed E-state index contributed by atoms with van der Waals surface area (Å²) in [5, 5.41) is 39.7. The molecule has 0 aliphatic rings. The number of carbonyl (C=O) groups excluding carboxylic acids is 2. The highest BCUT2D eigenvalue weighted by Crippen LogP contribution is 2.23. The van der Waals surface area contributed by atoms with E-state index in [0.29, 0.717) is 16.7 Å². The van der Waals surface area contributed by atoms with Gasteiger partial charge >= 0.3 is 11.9 Å². The zero-order valence-electron chi connectivity index (χ0n) is 19.1. The Balaban J connectivity index is 0.000000269. The Kier molecular flexibility index (Phi) is 10.8. The summed E-state index contributed by atoms with van der Waals surface area (Å²) >= 11 is 0. The Morgan fingerprint density at radius 1 is 0.611 bits per heavy atom. The molecule has 0 heterocycles. The van der Waals surface area contributed by atoms with Crippen LogP contribution < -0.4 is 10.6 Å². The first-order chi connectivity index (χ1) is 17.3. The number of hydrogen-bond acceptors (Lipinski definition) is 6. The molecule has 3 aromatic rings. The zero-order valence-corrected chi connectivity index (χ0v) is 19.1. The Bertz CT molecular complexity index is 1170. The van der Waals surface area contributed by atoms with Crippen LogP contribution in [0.4, 0.5) is 0 Å². The van der Waals surface area contributed by atoms with Gasteiger partial charge in [0.1, 0.15) is 0 Å². The average molecular weight is 495 g/mol. The van der Waals surface area contributed by atoms with E-state index in [4.69, 9.17) is 20.4 Å². The number of carbonyl (C=O) groups is 4. The third-order valence-corrected chi connectivity index (χ3v) is 4.86. The second kappa shape index (κ2) is 14.0. The first kappa shape index (κ1) is 27.7. The van der Waals surface area contributed by atoms with Gasteiger partial charge < -0.3 is 31.1 Å². The SMILES string of the molecule is O=C(N[C@@H](CO)C(=O)O)c1ccccc1.O=C(N[C@@H](CO)C(=O)O)c1ccccc1-c1ccccc1. The van der Waals surface area contributed by atoms with E-state index in [1.54, 1.807) is 54.6 Å². The fraction of sp³-hybridized carbons (Fsp3) is 0.154. The number of rotatable bonds is 9. The summed E-state index contributed by atoms with van der Waals surface area (Å²) in [4.78, 5) is 45.1. The molecule has 2 amide bonds. The van der Waals surface area contributed by atoms with Crippen LogP contribution in [0.3, 0.4) is 0 Å². The minimum Gasteiger partial charge on any atom is -0.480 e. The van der Waals surface area contributed by atoms with E-state index >= 15 is 0 Å². The first-order valence-electron chi connectivity index (χ1n) is 10.8. The van der Waals surface area contributed by atoms with E-state index in [0.717, 1.165) is 5.56 Å². The third kappa shape index (κ3) is 8.05. The molecule has 10 nitrogen and oxygen atoms in total. The van der Waals surface area contributed by atoms with E-state index < -0.39 is 49.1 Å². The minimum atomic E-state index is -1.32. The van der Waals surface area contributed by atoms with Crippen molar-refractivity contribution in [1.82, 2.24) is 10.6 Å². The lowest BCUT2D eigenvalue weighted by atomic mass is 9.99. The van der Waals surface area contributed by atoms with Gasteiger partial charge in [-0.1, -0.05) is 66.7 Å². The van der Waals surface area contributed by atoms with Crippen molar-refractivity contribution in [3.8, 4) is 11.1 Å². The maximum absolute atomic E-state index is 12.2. The highest BCUT2D eigenvalue weighted by atomic mass is 16.4. The highest BCUT2D eigenvalue weighted by molar-refractivity contribution is 6.02. The van der Waals surface area contributed by atoms with Gasteiger partial charge in [-0.15, -0.1) is 0 Å². The lowest BCUT2D eigenvalue weighted by molar-refractivity contribution is -0.141. The van der Waals surface area contributed by atoms with Crippen molar-refractivity contribution in [3.63, 3.8) is 0 Å². The van der Waals surface area contributed by atoms with Gasteiger partial charge in [-0.25, -0.2) is 9.59 Å². The van der Waals surface area contributed by atoms with Crippen LogP contribution in [-0.4, -0.2) is 69.5 Å². The van der Waals surface area contributed by atoms with Crippen LogP contribution in [0.25, 0.3) is 11.1 Å². The Morgan fingerprint density at radius 2 is 1.06 bits per heavy atom. The van der Waals surface area contributed by atoms with Crippen molar-refractivity contribution in [2.45, 2.75) is 12.1 Å². The molecule has 0 fully saturated rings. The number of hydrogen-bond donors (Lipinski definition) is 6. The van der Waals surface area contributed by atoms with Gasteiger partial charge in [0.25, 0.3) is 11.8 Å². The standard InChI is InChI=1S/C16H15NO4.C10H11NO4/c18-10-14(16(20)21)17-15(19)13-9-5-4-8-12(13)11-6-2-1-3-7-11;12-6-8(10(14)15)11-9(13)7-4-2-1-3-5-7/h1-9,14,18H,10H2,(H,17,19)(H,20,21);1-5,8,12H,6H2,(H,11,13)(H,14,15)/t14-;8-/m00/s1. The number of carboxylic acids is 2. The summed E-state index contributed by atoms with van der Waals surface area (Å²) in [5.74, 6) is -3.59. The molecule has 0 spiro atoms. The number of aliphatic hydroxyl groups excluding tert-OH is 2. The number of aliphatic carboxylic acids is 2. The molecule has 0 unspecified atom stereocenters. The number of aliphatic hydroxyl groups is 2. The highest BCUT2D eigenvalue weighted by Gasteiger charge is 2.21. The molecule has 0 aliphatic heterocycles. The number of amides is 2. The van der Waals surface area contributed by atoms with Crippen molar-refractivity contribution in [2.75, 3.05) is 13.2 Å². The summed E-state index contributed by atoms with van der Waals surface area (Å²) in [6, 6.07) is 21.9. The molecule has 10 heteroatoms. The Morgan fingerprint density at radius 3 is 1.56 bits per heavy atom. The van der Waals surface area contributed by atoms with Gasteiger partial charge in [-0.05, 0) is 29.3 Å². The molecule has 0 bridgehead atoms. The van der Waals surface area contributed by atoms with Crippen LogP contribution in [0, 0.1) is 0 Å². The second-order valence-corrected chi connectivity index (χ2v) is 7.37. The second-order valence-electron chi connectivity index (χ2n) is 7.37. The Hall–Kier alpha value is -4.54. The molecule has 3 aromatic carbocycles. The average Bonchev–Trinajstić information content (AvgIpc) is 2.91. The molecule has 0 saturated heterocycles. The summed E-state index contributed by atoms with van der Waals surface area (Å²) in [6.45, 7) is -1.29. The lowest BCUT2D eigenvalue weighted by Gasteiger charge is -2.14. The molecule has 0 saturated carbocycles. The molecule has 0 aromatic heterocycles. The smallest absolute Gasteiger partial charge is 0.328 e. The van der Waals surface area contributed by atoms with Crippen molar-refractivity contribution in [3.05, 3.63) is 96.1 Å². The molecule has 36 heavy (non-hydrogen) atoms. The maximum atomic E-state index is 12.2. The fourth-order valence-electron chi connectivity index (χ4n) is 2.99. The monoisotopic (exact) mass is 494 g/mol. The first-order valence-corrected chi connectivity index (χ1v) is 10.8. The molecule has 2 atom stereocenters. The molecule has 3 rings (SSSR count). The summed E-state index contributed by atoms with van der Waals surface area (Å²) in [5.41, 5.74) is 2.29. The van der Waals surface area contributed by atoms with E-state index in [1.165, 1.54) is 0 Å². The summed E-state index contributed by atoms with van der Waals surface area (Å²) < 4.78 is 0. The van der Waals surface area contributed by atoms with E-state index in [9.17, 15) is 19.2 Å². The molecule has 6 N–H and O–H groups in total. The molecule has 0 radical (unpaired) electrons. The molecule has 0 aliphatic carbocycles. The van der Waals surface area contributed by atoms with Gasteiger partial charge in [0.05, 0.1) is 13.2 Å². The maximum Gasteiger partial charge on any atom is 0.328 e. The van der Waals surface area contributed by atoms with Crippen LogP contribution in [-0.2, 0) is 9.59 Å². The minimum absolute atomic E-state index is 0.359. The molecular formula is C26H26N2O8. The Labute approximate surface area is 206 Å². The molecular weight excluding hydrogens is 468 g/mol. The van der Waals surface area contributed by atoms with Crippen LogP contribution in [0.5, 0.6) is 0 Å². The van der Waals surface area contributed by atoms with Crippen molar-refractivity contribution >= 4 is 23.8 Å². The quantitative estimate of drug-likeness (QED) is 0.259. The van der Waals surface area contributed by atoms with E-state index in [2.05, 4.69) is 10.6 Å². The third-order valence-electron chi connectivity index (χ3n) is 4.86. The van der Waals surface area contributed by atoms with Crippen LogP contribution >= 0.6 is 0 Å². The summed E-state index contributed by atoms with van der Waals surface area (Å²) in [7, 11) is 0. The zero-order chi connectivity index (χ0) is 26.5. The number of carboxylic acid groups (broad SMARTS) is 2. The predicted molar refractivity (Wildman–Crippen MR) is 130 cm³/mol. The van der Waals surface area contributed by atoms with E-state index in [-0.39, 0.29) is 0 Å². The number of nitrogens with one attached hydrogen (secondary N) is 2. The number of benzene rings is 3. The van der Waals surface area contributed by atoms with Crippen molar-refractivity contribution < 1.29 is 39.6 Å². The van der Waals surface area contributed by atoms with Crippen LogP contribution in [0.15, 0.2) is 84.9 Å². The fourth-order valence-corrected chi connectivity index (χ4v) is 2.99. The topological polar surface area (TPSA) is 173 Å². The van der Waals surface area contributed by atoms with Gasteiger partial charge in [0.2, 0.25) is 0 Å². The van der Waals surface area contributed by atoms with Gasteiger partial charge in [0.15, 0.2) is 12.1 Å². The van der Waals surface area contributed by atoms with Crippen LogP contribution in [0.1, 0.15) is 20.7 Å². The molecule has 188 valence electrons. The van der Waals surface area contributed by atoms with Crippen molar-refractivity contribution in [2.24, 2.45) is 0 Å². The van der Waals surface area contributed by atoms with Gasteiger partial charge in [-0.2, -0.15) is 0 Å². The van der Waals surface area contributed by atoms with E-state index in [1.807, 2.05) is 30.3 Å². The lowest BCUT2D eigenvalue weighted by Crippen LogP contribution is -2.43. The predicted octanol–water partition coefficient (Wildman–Crippen LogP) is 1.39. The van der Waals surface area contributed by atoms with Gasteiger partial charge in [-0.3, -0.25) is 9.59 Å².